The third-order valence-electron chi connectivity index (χ3n) is 7.65. The van der Waals surface area contributed by atoms with E-state index in [0.29, 0.717) is 32.6 Å². The summed E-state index contributed by atoms with van der Waals surface area (Å²) in [6, 6.07) is 15.8. The number of para-hydroxylation sites is 2. The minimum Gasteiger partial charge on any atom is -0.495 e. The van der Waals surface area contributed by atoms with E-state index in [1.54, 1.807) is 35.7 Å². The van der Waals surface area contributed by atoms with Gasteiger partial charge in [0, 0.05) is 32.2 Å². The standard InChI is InChI=1S/C26H33N3O4S/c1-33-25-14-8-7-13-23(25)27-15-17-28(18-16-27)26(30)24-19-20-9-5-6-12-22(20)29(24)34(31,32)21-10-3-2-4-11-21/h2-4,7-8,10-11,13-14,20,22,24H,5-6,9,12,15-19H2,1H3/t20-,22+,24-/m0/s1. The second-order valence-corrected chi connectivity index (χ2v) is 11.3. The summed E-state index contributed by atoms with van der Waals surface area (Å²) >= 11 is 0. The highest BCUT2D eigenvalue weighted by atomic mass is 32.2. The Bertz CT molecular complexity index is 1120. The number of ether oxygens (including phenoxy) is 1. The zero-order chi connectivity index (χ0) is 23.7. The summed E-state index contributed by atoms with van der Waals surface area (Å²) < 4.78 is 34.5. The van der Waals surface area contributed by atoms with Crippen LogP contribution in [0.5, 0.6) is 5.75 Å². The molecule has 0 spiro atoms. The van der Waals surface area contributed by atoms with Crippen molar-refractivity contribution in [1.29, 1.82) is 0 Å². The predicted molar refractivity (Wildman–Crippen MR) is 131 cm³/mol. The monoisotopic (exact) mass is 483 g/mol. The number of carbonyl (C=O) groups is 1. The average Bonchev–Trinajstić information content (AvgIpc) is 3.29. The SMILES string of the molecule is COc1ccccc1N1CCN(C(=O)[C@@H]2C[C@@H]3CCCC[C@H]3N2S(=O)(=O)c2ccccc2)CC1. The van der Waals surface area contributed by atoms with Gasteiger partial charge in [-0.2, -0.15) is 4.31 Å². The van der Waals surface area contributed by atoms with Crippen LogP contribution in [0.25, 0.3) is 0 Å². The van der Waals surface area contributed by atoms with Crippen molar-refractivity contribution < 1.29 is 17.9 Å². The van der Waals surface area contributed by atoms with E-state index in [4.69, 9.17) is 4.74 Å². The molecule has 1 aliphatic carbocycles. The van der Waals surface area contributed by atoms with E-state index in [2.05, 4.69) is 4.90 Å². The van der Waals surface area contributed by atoms with Gasteiger partial charge in [0.15, 0.2) is 0 Å². The lowest BCUT2D eigenvalue weighted by atomic mass is 9.85. The van der Waals surface area contributed by atoms with Crippen LogP contribution in [0.3, 0.4) is 0 Å². The van der Waals surface area contributed by atoms with Crippen molar-refractivity contribution in [3.63, 3.8) is 0 Å². The minimum atomic E-state index is -3.75. The van der Waals surface area contributed by atoms with Gasteiger partial charge in [0.25, 0.3) is 0 Å². The van der Waals surface area contributed by atoms with Gasteiger partial charge in [-0.3, -0.25) is 4.79 Å². The molecule has 1 amide bonds. The molecule has 3 atom stereocenters. The van der Waals surface area contributed by atoms with Crippen LogP contribution < -0.4 is 9.64 Å². The molecule has 2 heterocycles. The highest BCUT2D eigenvalue weighted by molar-refractivity contribution is 7.89. The lowest BCUT2D eigenvalue weighted by molar-refractivity contribution is -0.135. The van der Waals surface area contributed by atoms with E-state index < -0.39 is 16.1 Å². The van der Waals surface area contributed by atoms with Gasteiger partial charge in [0.2, 0.25) is 15.9 Å². The fourth-order valence-electron chi connectivity index (χ4n) is 5.96. The van der Waals surface area contributed by atoms with Gasteiger partial charge in [0.05, 0.1) is 17.7 Å². The number of nitrogens with zero attached hydrogens (tertiary/aromatic N) is 3. The van der Waals surface area contributed by atoms with Crippen LogP contribution in [0.2, 0.25) is 0 Å². The number of amides is 1. The lowest BCUT2D eigenvalue weighted by Gasteiger charge is -2.39. The maximum Gasteiger partial charge on any atom is 0.244 e. The molecule has 3 fully saturated rings. The number of fused-ring (bicyclic) bond motifs is 1. The van der Waals surface area contributed by atoms with E-state index in [-0.39, 0.29) is 22.8 Å². The van der Waals surface area contributed by atoms with E-state index in [9.17, 15) is 13.2 Å². The first-order valence-corrected chi connectivity index (χ1v) is 13.7. The van der Waals surface area contributed by atoms with Crippen LogP contribution in [0.4, 0.5) is 5.69 Å². The summed E-state index contributed by atoms with van der Waals surface area (Å²) in [5, 5.41) is 0. The van der Waals surface area contributed by atoms with Crippen LogP contribution in [-0.2, 0) is 14.8 Å². The molecule has 2 aromatic rings. The van der Waals surface area contributed by atoms with Crippen LogP contribution in [0.1, 0.15) is 32.1 Å². The molecular weight excluding hydrogens is 450 g/mol. The highest BCUT2D eigenvalue weighted by Gasteiger charge is 2.51. The fourth-order valence-corrected chi connectivity index (χ4v) is 7.85. The third kappa shape index (κ3) is 4.18. The molecule has 5 rings (SSSR count). The maximum absolute atomic E-state index is 13.8. The van der Waals surface area contributed by atoms with Crippen LogP contribution in [0.15, 0.2) is 59.5 Å². The summed E-state index contributed by atoms with van der Waals surface area (Å²) in [6.07, 6.45) is 4.58. The van der Waals surface area contributed by atoms with Crippen LogP contribution >= 0.6 is 0 Å². The Morgan fingerprint density at radius 1 is 0.912 bits per heavy atom. The number of benzene rings is 2. The Labute approximate surface area is 202 Å². The minimum absolute atomic E-state index is 0.0476. The van der Waals surface area contributed by atoms with E-state index in [1.165, 1.54) is 0 Å². The number of sulfonamides is 1. The van der Waals surface area contributed by atoms with Crippen molar-refractivity contribution in [1.82, 2.24) is 9.21 Å². The summed E-state index contributed by atoms with van der Waals surface area (Å²) in [5.74, 6) is 1.03. The first-order valence-electron chi connectivity index (χ1n) is 12.3. The Kier molecular flexibility index (Phi) is 6.53. The molecule has 0 bridgehead atoms. The molecule has 182 valence electrons. The molecule has 0 N–H and O–H groups in total. The first-order chi connectivity index (χ1) is 16.5. The smallest absolute Gasteiger partial charge is 0.244 e. The zero-order valence-electron chi connectivity index (χ0n) is 19.7. The van der Waals surface area contributed by atoms with Gasteiger partial charge < -0.3 is 14.5 Å². The molecule has 7 nitrogen and oxygen atoms in total. The molecule has 8 heteroatoms. The topological polar surface area (TPSA) is 70.2 Å². The van der Waals surface area contributed by atoms with Gasteiger partial charge in [0.1, 0.15) is 11.8 Å². The molecule has 0 radical (unpaired) electrons. The number of hydrogen-bond donors (Lipinski definition) is 0. The van der Waals surface area contributed by atoms with Gasteiger partial charge in [-0.1, -0.05) is 43.2 Å². The summed E-state index contributed by atoms with van der Waals surface area (Å²) in [6.45, 7) is 2.53. The van der Waals surface area contributed by atoms with Crippen molar-refractivity contribution in [2.24, 2.45) is 5.92 Å². The molecule has 2 aliphatic heterocycles. The Morgan fingerprint density at radius 2 is 1.59 bits per heavy atom. The van der Waals surface area contributed by atoms with Crippen molar-refractivity contribution in [3.8, 4) is 5.75 Å². The quantitative estimate of drug-likeness (QED) is 0.652. The normalized spacial score (nSPS) is 25.7. The van der Waals surface area contributed by atoms with Crippen molar-refractivity contribution in [2.75, 3.05) is 38.2 Å². The second kappa shape index (κ2) is 9.58. The number of methoxy groups -OCH3 is 1. The predicted octanol–water partition coefficient (Wildman–Crippen LogP) is 3.37. The second-order valence-electron chi connectivity index (χ2n) is 9.50. The molecule has 3 aliphatic rings. The summed E-state index contributed by atoms with van der Waals surface area (Å²) in [5.41, 5.74) is 1.03. The Balaban J connectivity index is 1.36. The molecular formula is C26H33N3O4S. The highest BCUT2D eigenvalue weighted by Crippen LogP contribution is 2.43. The van der Waals surface area contributed by atoms with E-state index >= 15 is 0 Å². The summed E-state index contributed by atoms with van der Waals surface area (Å²) in [4.78, 5) is 18.1. The number of carbonyl (C=O) groups excluding carboxylic acids is 1. The first kappa shape index (κ1) is 23.2. The Hall–Kier alpha value is -2.58. The number of hydrogen-bond acceptors (Lipinski definition) is 5. The fraction of sp³-hybridized carbons (Fsp3) is 0.500. The van der Waals surface area contributed by atoms with Gasteiger partial charge in [-0.25, -0.2) is 8.42 Å². The van der Waals surface area contributed by atoms with Gasteiger partial charge in [-0.15, -0.1) is 0 Å². The van der Waals surface area contributed by atoms with E-state index in [1.807, 2.05) is 35.2 Å². The lowest BCUT2D eigenvalue weighted by Crippen LogP contribution is -2.55. The largest absolute Gasteiger partial charge is 0.495 e. The van der Waals surface area contributed by atoms with Gasteiger partial charge >= 0.3 is 0 Å². The summed E-state index contributed by atoms with van der Waals surface area (Å²) in [7, 11) is -2.08. The van der Waals surface area contributed by atoms with Crippen molar-refractivity contribution in [3.05, 3.63) is 54.6 Å². The number of piperazine rings is 1. The van der Waals surface area contributed by atoms with Crippen molar-refractivity contribution in [2.45, 2.75) is 49.1 Å². The maximum atomic E-state index is 13.8. The zero-order valence-corrected chi connectivity index (χ0v) is 20.5. The van der Waals surface area contributed by atoms with E-state index in [0.717, 1.165) is 37.1 Å². The number of anilines is 1. The average molecular weight is 484 g/mol. The van der Waals surface area contributed by atoms with Crippen LogP contribution in [0, 0.1) is 5.92 Å². The number of rotatable bonds is 5. The van der Waals surface area contributed by atoms with Crippen LogP contribution in [-0.4, -0.2) is 68.9 Å². The molecule has 34 heavy (non-hydrogen) atoms. The van der Waals surface area contributed by atoms with Gasteiger partial charge in [-0.05, 0) is 49.4 Å². The molecule has 1 saturated carbocycles. The molecule has 2 aromatic carbocycles. The van der Waals surface area contributed by atoms with Crippen molar-refractivity contribution >= 4 is 21.6 Å². The molecule has 0 aromatic heterocycles. The molecule has 2 saturated heterocycles. The molecule has 0 unspecified atom stereocenters. The third-order valence-corrected chi connectivity index (χ3v) is 9.60. The Morgan fingerprint density at radius 3 is 2.32 bits per heavy atom.